The van der Waals surface area contributed by atoms with Crippen LogP contribution in [0.2, 0.25) is 0 Å². The summed E-state index contributed by atoms with van der Waals surface area (Å²) < 4.78 is 7.67. The van der Waals surface area contributed by atoms with Crippen molar-refractivity contribution in [2.75, 3.05) is 0 Å². The average molecular weight is 219 g/mol. The molecule has 0 aromatic rings. The van der Waals surface area contributed by atoms with Crippen LogP contribution in [0.4, 0.5) is 0 Å². The Morgan fingerprint density at radius 1 is 2.00 bits per heavy atom. The van der Waals surface area contributed by atoms with E-state index in [1.165, 1.54) is 0 Å². The molecule has 2 nitrogen and oxygen atoms in total. The van der Waals surface area contributed by atoms with Gasteiger partial charge < -0.3 is 0 Å². The van der Waals surface area contributed by atoms with Crippen molar-refractivity contribution in [1.29, 1.82) is 0 Å². The van der Waals surface area contributed by atoms with E-state index in [0.29, 0.717) is 0 Å². The Balaban J connectivity index is 2.40. The van der Waals surface area contributed by atoms with E-state index in [2.05, 4.69) is 13.0 Å². The molecule has 0 atom stereocenters. The zero-order valence-corrected chi connectivity index (χ0v) is 5.81. The molecule has 0 heterocycles. The van der Waals surface area contributed by atoms with Gasteiger partial charge in [-0.1, -0.05) is 0 Å². The third-order valence-electron chi connectivity index (χ3n) is 0.0707. The molecule has 0 aliphatic heterocycles. The molecule has 27 valence electrons. The monoisotopic (exact) mass is 219 g/mol. The number of hydrogen-bond acceptors (Lipinski definition) is 2. The molecule has 0 unspecified atom stereocenters. The SMILES string of the molecule is [B]O[I-][N]=[V]. The minimum atomic E-state index is -0.494. The molecular formula is BINOV-. The van der Waals surface area contributed by atoms with Crippen LogP contribution in [0.1, 0.15) is 0 Å². The van der Waals surface area contributed by atoms with E-state index in [1.54, 1.807) is 0 Å². The summed E-state index contributed by atoms with van der Waals surface area (Å²) in [5.74, 6) is 0. The molecule has 0 amide bonds. The maximum absolute atomic E-state index is 4.58. The quantitative estimate of drug-likeness (QED) is 0.352. The molecule has 5 heavy (non-hydrogen) atoms. The van der Waals surface area contributed by atoms with E-state index >= 15 is 0 Å². The van der Waals surface area contributed by atoms with E-state index in [-0.39, 0.29) is 0 Å². The third kappa shape index (κ3) is 5.14. The Bertz CT molecular complexity index is 32.8. The standard InChI is InChI=1S/BINO.V/c1-4-2-3;/q-1;. The van der Waals surface area contributed by atoms with Crippen LogP contribution in [0.3, 0.4) is 0 Å². The fourth-order valence-corrected chi connectivity index (χ4v) is 0.493. The molecule has 0 aromatic carbocycles. The first kappa shape index (κ1) is 6.14. The molecule has 0 aliphatic rings. The number of hydrogen-bond donors (Lipinski definition) is 0. The Morgan fingerprint density at radius 3 is 2.60 bits per heavy atom. The van der Waals surface area contributed by atoms with Crippen LogP contribution in [0.5, 0.6) is 0 Å². The van der Waals surface area contributed by atoms with Crippen molar-refractivity contribution >= 4 is 8.05 Å². The Labute approximate surface area is 52.1 Å². The van der Waals surface area contributed by atoms with Crippen LogP contribution >= 0.6 is 0 Å². The van der Waals surface area contributed by atoms with Gasteiger partial charge in [0.25, 0.3) is 0 Å². The molecule has 0 bridgehead atoms. The zero-order chi connectivity index (χ0) is 4.12. The van der Waals surface area contributed by atoms with Crippen molar-refractivity contribution in [3.8, 4) is 0 Å². The Kier molecular flexibility index (Phi) is 6.31. The van der Waals surface area contributed by atoms with Gasteiger partial charge >= 0.3 is 52.2 Å². The predicted octanol–water partition coefficient (Wildman–Crippen LogP) is -3.26. The van der Waals surface area contributed by atoms with Gasteiger partial charge in [0, 0.05) is 0 Å². The van der Waals surface area contributed by atoms with Crippen LogP contribution in [0, 0.1) is 0 Å². The fraction of sp³-hybridized carbons (Fsp3) is 0. The van der Waals surface area contributed by atoms with Gasteiger partial charge in [-0.05, 0) is 0 Å². The Hall–Kier alpha value is 1.14. The van der Waals surface area contributed by atoms with Gasteiger partial charge in [-0.15, -0.1) is 0 Å². The topological polar surface area (TPSA) is 21.6 Å². The van der Waals surface area contributed by atoms with Gasteiger partial charge in [0.15, 0.2) is 0 Å². The van der Waals surface area contributed by atoms with Gasteiger partial charge in [0.05, 0.1) is 0 Å². The van der Waals surface area contributed by atoms with Crippen molar-refractivity contribution in [3.63, 3.8) is 0 Å². The summed E-state index contributed by atoms with van der Waals surface area (Å²) in [5, 5.41) is 0. The summed E-state index contributed by atoms with van der Waals surface area (Å²) in [4.78, 5) is 0. The first-order valence-electron chi connectivity index (χ1n) is 0.759. The second-order valence-electron chi connectivity index (χ2n) is 0.234. The van der Waals surface area contributed by atoms with Gasteiger partial charge in [-0.2, -0.15) is 0 Å². The zero-order valence-electron chi connectivity index (χ0n) is 2.26. The molecule has 5 heteroatoms. The summed E-state index contributed by atoms with van der Waals surface area (Å²) >= 11 is 1.55. The van der Waals surface area contributed by atoms with Crippen molar-refractivity contribution in [2.24, 2.45) is 2.00 Å². The van der Waals surface area contributed by atoms with Crippen LogP contribution in [0.25, 0.3) is 0 Å². The van der Waals surface area contributed by atoms with Crippen LogP contribution in [-0.2, 0) is 20.2 Å². The maximum atomic E-state index is 4.58. The molecule has 0 saturated carbocycles. The van der Waals surface area contributed by atoms with E-state index in [0.717, 1.165) is 0 Å². The molecule has 0 aliphatic carbocycles. The Morgan fingerprint density at radius 2 is 2.60 bits per heavy atom. The first-order valence-corrected chi connectivity index (χ1v) is 3.23. The number of halogens is 1. The van der Waals surface area contributed by atoms with E-state index in [4.69, 9.17) is 0 Å². The van der Waals surface area contributed by atoms with Gasteiger partial charge in [0.2, 0.25) is 0 Å². The van der Waals surface area contributed by atoms with Crippen molar-refractivity contribution in [2.45, 2.75) is 0 Å². The van der Waals surface area contributed by atoms with Crippen LogP contribution in [0.15, 0.2) is 2.00 Å². The summed E-state index contributed by atoms with van der Waals surface area (Å²) in [5.41, 5.74) is 0. The first-order chi connectivity index (χ1) is 2.41. The van der Waals surface area contributed by atoms with E-state index < -0.39 is 21.9 Å². The van der Waals surface area contributed by atoms with Gasteiger partial charge in [0.1, 0.15) is 0 Å². The normalized spacial score (nSPS) is 7.80. The van der Waals surface area contributed by atoms with Crippen molar-refractivity contribution in [1.82, 2.24) is 0 Å². The third-order valence-corrected chi connectivity index (χ3v) is 1.12. The molecule has 0 saturated heterocycles. The van der Waals surface area contributed by atoms with Crippen LogP contribution in [-0.4, -0.2) is 8.05 Å². The summed E-state index contributed by atoms with van der Waals surface area (Å²) in [6.45, 7) is 0. The van der Waals surface area contributed by atoms with E-state index in [9.17, 15) is 0 Å². The van der Waals surface area contributed by atoms with E-state index in [1.807, 2.05) is 17.2 Å². The summed E-state index contributed by atoms with van der Waals surface area (Å²) in [6, 6.07) is 0. The second kappa shape index (κ2) is 5.14. The van der Waals surface area contributed by atoms with Crippen LogP contribution < -0.4 is 21.9 Å². The van der Waals surface area contributed by atoms with Crippen molar-refractivity contribution < 1.29 is 42.1 Å². The second-order valence-corrected chi connectivity index (χ2v) is 3.15. The number of rotatable bonds is 2. The average Bonchev–Trinajstić information content (AvgIpc) is 1.41. The van der Waals surface area contributed by atoms with Gasteiger partial charge in [-0.25, -0.2) is 0 Å². The molecule has 0 spiro atoms. The minimum absolute atomic E-state index is 0.494. The van der Waals surface area contributed by atoms with Crippen molar-refractivity contribution in [3.05, 3.63) is 0 Å². The van der Waals surface area contributed by atoms with Gasteiger partial charge in [-0.3, -0.25) is 0 Å². The molecule has 0 N–H and O–H groups in total. The summed E-state index contributed by atoms with van der Waals surface area (Å²) in [6.07, 6.45) is 0. The molecular weight excluding hydrogens is 219 g/mol. The molecule has 2 radical (unpaired) electrons. The molecule has 0 fully saturated rings. The summed E-state index contributed by atoms with van der Waals surface area (Å²) in [7, 11) is 4.58. The molecule has 0 aromatic heterocycles. The number of nitrogens with zero attached hydrogens (tertiary/aromatic N) is 1. The predicted molar refractivity (Wildman–Crippen MR) is 9.27 cm³/mol. The fourth-order valence-electron chi connectivity index (χ4n) is 0.0178. The molecule has 0 rings (SSSR count).